The van der Waals surface area contributed by atoms with Gasteiger partial charge < -0.3 is 4.74 Å². The smallest absolute Gasteiger partial charge is 0.416 e. The molecule has 0 N–H and O–H groups in total. The molecule has 0 fully saturated rings. The molecule has 3 aromatic rings. The van der Waals surface area contributed by atoms with Crippen molar-refractivity contribution in [2.24, 2.45) is 5.41 Å². The van der Waals surface area contributed by atoms with Crippen LogP contribution in [0.1, 0.15) is 62.8 Å². The van der Waals surface area contributed by atoms with E-state index in [0.717, 1.165) is 41.5 Å². The van der Waals surface area contributed by atoms with Crippen molar-refractivity contribution in [1.82, 2.24) is 0 Å². The van der Waals surface area contributed by atoms with Crippen LogP contribution in [0.15, 0.2) is 72.3 Å². The molecule has 1 nitrogen and oxygen atoms in total. The van der Waals surface area contributed by atoms with Crippen LogP contribution in [0.25, 0.3) is 16.3 Å². The van der Waals surface area contributed by atoms with Crippen molar-refractivity contribution in [3.63, 3.8) is 0 Å². The lowest BCUT2D eigenvalue weighted by Crippen LogP contribution is -2.28. The third-order valence-corrected chi connectivity index (χ3v) is 7.06. The predicted molar refractivity (Wildman–Crippen MR) is 132 cm³/mol. The lowest BCUT2D eigenvalue weighted by Gasteiger charge is -2.40. The van der Waals surface area contributed by atoms with Gasteiger partial charge in [0.05, 0.1) is 5.56 Å². The van der Waals surface area contributed by atoms with E-state index in [1.54, 1.807) is 0 Å². The number of hydrogen-bond acceptors (Lipinski definition) is 1. The minimum Gasteiger partial charge on any atom is -0.488 e. The van der Waals surface area contributed by atoms with Crippen LogP contribution in [0, 0.1) is 5.41 Å². The van der Waals surface area contributed by atoms with E-state index in [4.69, 9.17) is 4.74 Å². The van der Waals surface area contributed by atoms with E-state index in [0.29, 0.717) is 5.56 Å². The summed E-state index contributed by atoms with van der Waals surface area (Å²) in [6, 6.07) is 15.6. The maximum absolute atomic E-state index is 12.9. The van der Waals surface area contributed by atoms with Crippen molar-refractivity contribution in [1.29, 1.82) is 0 Å². The van der Waals surface area contributed by atoms with E-state index >= 15 is 0 Å². The molecule has 4 heteroatoms. The Morgan fingerprint density at radius 3 is 2.32 bits per heavy atom. The van der Waals surface area contributed by atoms with Crippen LogP contribution in [-0.4, -0.2) is 0 Å². The summed E-state index contributed by atoms with van der Waals surface area (Å²) in [6.07, 6.45) is 2.31. The van der Waals surface area contributed by atoms with Gasteiger partial charge in [-0.05, 0) is 69.5 Å². The molecule has 0 saturated carbocycles. The highest BCUT2D eigenvalue weighted by molar-refractivity contribution is 5.98. The first kappa shape index (κ1) is 22.8. The number of allylic oxidation sites excluding steroid dienone is 4. The highest BCUT2D eigenvalue weighted by Crippen LogP contribution is 2.52. The van der Waals surface area contributed by atoms with Gasteiger partial charge in [-0.1, -0.05) is 81.8 Å². The molecular formula is C30H29F3O. The van der Waals surface area contributed by atoms with E-state index < -0.39 is 11.7 Å². The quantitative estimate of drug-likeness (QED) is 0.378. The fourth-order valence-electron chi connectivity index (χ4n) is 5.54. The topological polar surface area (TPSA) is 9.23 Å². The summed E-state index contributed by atoms with van der Waals surface area (Å²) in [5.74, 6) is 0.770. The van der Waals surface area contributed by atoms with Crippen molar-refractivity contribution >= 4 is 16.3 Å². The lowest BCUT2D eigenvalue weighted by atomic mass is 9.64. The summed E-state index contributed by atoms with van der Waals surface area (Å²) in [4.78, 5) is 0. The molecule has 0 aliphatic heterocycles. The molecule has 0 aromatic heterocycles. The van der Waals surface area contributed by atoms with Gasteiger partial charge in [0.2, 0.25) is 0 Å². The van der Waals surface area contributed by atoms with Crippen LogP contribution in [0.3, 0.4) is 0 Å². The van der Waals surface area contributed by atoms with Crippen LogP contribution >= 0.6 is 0 Å². The maximum Gasteiger partial charge on any atom is 0.416 e. The number of fused-ring (bicyclic) bond motifs is 4. The van der Waals surface area contributed by atoms with Crippen molar-refractivity contribution in [2.45, 2.75) is 58.7 Å². The molecule has 2 aliphatic carbocycles. The average molecular weight is 463 g/mol. The van der Waals surface area contributed by atoms with Gasteiger partial charge >= 0.3 is 6.18 Å². The van der Waals surface area contributed by atoms with E-state index in [2.05, 4.69) is 58.0 Å². The second-order valence-electron chi connectivity index (χ2n) is 10.9. The zero-order valence-corrected chi connectivity index (χ0v) is 20.0. The summed E-state index contributed by atoms with van der Waals surface area (Å²) in [5, 5.41) is 2.21. The number of alkyl halides is 3. The normalized spacial score (nSPS) is 18.6. The van der Waals surface area contributed by atoms with Crippen molar-refractivity contribution in [3.05, 3.63) is 94.6 Å². The molecular weight excluding hydrogens is 433 g/mol. The number of ether oxygens (including phenoxy) is 1. The zero-order chi connectivity index (χ0) is 24.3. The number of benzene rings is 3. The fraction of sp³-hybridized carbons (Fsp3) is 0.333. The van der Waals surface area contributed by atoms with Crippen LogP contribution in [0.4, 0.5) is 13.2 Å². The largest absolute Gasteiger partial charge is 0.488 e. The average Bonchev–Trinajstić information content (AvgIpc) is 2.75. The lowest BCUT2D eigenvalue weighted by molar-refractivity contribution is -0.137. The van der Waals surface area contributed by atoms with Crippen LogP contribution in [0.2, 0.25) is 0 Å². The molecule has 0 bridgehead atoms. The Morgan fingerprint density at radius 1 is 0.882 bits per heavy atom. The molecule has 0 saturated heterocycles. The Hall–Kier alpha value is -3.01. The second kappa shape index (κ2) is 7.76. The standard InChI is InChI=1S/C30H29F3O/c1-28(2)15-14-23-21(16-28)17-29(3,4)27-24(23)13-10-20-6-5-7-25(26(20)27)34-18-19-8-11-22(12-9-19)30(31,32)33/h5-15H,16-18H2,1-4H3. The molecule has 0 radical (unpaired) electrons. The Kier molecular flexibility index (Phi) is 5.20. The molecule has 5 rings (SSSR count). The van der Waals surface area contributed by atoms with Crippen molar-refractivity contribution < 1.29 is 17.9 Å². The van der Waals surface area contributed by atoms with Gasteiger partial charge in [-0.2, -0.15) is 13.2 Å². The summed E-state index contributed by atoms with van der Waals surface area (Å²) < 4.78 is 44.9. The summed E-state index contributed by atoms with van der Waals surface area (Å²) >= 11 is 0. The summed E-state index contributed by atoms with van der Waals surface area (Å²) in [7, 11) is 0. The fourth-order valence-corrected chi connectivity index (χ4v) is 5.54. The van der Waals surface area contributed by atoms with Crippen molar-refractivity contribution in [2.75, 3.05) is 0 Å². The maximum atomic E-state index is 12.9. The van der Waals surface area contributed by atoms with E-state index in [1.807, 2.05) is 12.1 Å². The van der Waals surface area contributed by atoms with Crippen LogP contribution in [-0.2, 0) is 18.2 Å². The molecule has 3 aromatic carbocycles. The number of halogens is 3. The highest BCUT2D eigenvalue weighted by Gasteiger charge is 2.37. The SMILES string of the molecule is CC1(C)C=CC2=C(C1)CC(C)(C)c1c2ccc2cccc(OCc3ccc(C(F)(F)F)cc3)c12. The molecule has 0 spiro atoms. The summed E-state index contributed by atoms with van der Waals surface area (Å²) in [6.45, 7) is 9.37. The molecule has 0 unspecified atom stereocenters. The monoisotopic (exact) mass is 462 g/mol. The Labute approximate surface area is 198 Å². The van der Waals surface area contributed by atoms with Gasteiger partial charge in [-0.3, -0.25) is 0 Å². The van der Waals surface area contributed by atoms with E-state index in [9.17, 15) is 13.2 Å². The molecule has 2 aliphatic rings. The number of rotatable bonds is 3. The zero-order valence-electron chi connectivity index (χ0n) is 20.0. The van der Waals surface area contributed by atoms with Gasteiger partial charge in [0.25, 0.3) is 0 Å². The first-order valence-corrected chi connectivity index (χ1v) is 11.7. The molecule has 0 amide bonds. The van der Waals surface area contributed by atoms with Gasteiger partial charge in [0.15, 0.2) is 0 Å². The predicted octanol–water partition coefficient (Wildman–Crippen LogP) is 8.86. The Bertz CT molecular complexity index is 1320. The third kappa shape index (κ3) is 4.04. The third-order valence-electron chi connectivity index (χ3n) is 7.06. The van der Waals surface area contributed by atoms with Gasteiger partial charge in [0.1, 0.15) is 12.4 Å². The van der Waals surface area contributed by atoms with Gasteiger partial charge in [-0.25, -0.2) is 0 Å². The minimum atomic E-state index is -4.34. The van der Waals surface area contributed by atoms with E-state index in [-0.39, 0.29) is 17.4 Å². The second-order valence-corrected chi connectivity index (χ2v) is 10.9. The van der Waals surface area contributed by atoms with Gasteiger partial charge in [0, 0.05) is 5.39 Å². The minimum absolute atomic E-state index is 0.0667. The summed E-state index contributed by atoms with van der Waals surface area (Å²) in [5.41, 5.74) is 5.54. The van der Waals surface area contributed by atoms with E-state index in [1.165, 1.54) is 34.4 Å². The molecule has 0 atom stereocenters. The number of hydrogen-bond donors (Lipinski definition) is 0. The first-order chi connectivity index (χ1) is 15.9. The first-order valence-electron chi connectivity index (χ1n) is 11.7. The Balaban J connectivity index is 1.56. The Morgan fingerprint density at radius 2 is 1.62 bits per heavy atom. The molecule has 34 heavy (non-hydrogen) atoms. The van der Waals surface area contributed by atoms with Gasteiger partial charge in [-0.15, -0.1) is 0 Å². The van der Waals surface area contributed by atoms with Crippen molar-refractivity contribution in [3.8, 4) is 5.75 Å². The van der Waals surface area contributed by atoms with Crippen LogP contribution < -0.4 is 4.74 Å². The molecule has 176 valence electrons. The van der Waals surface area contributed by atoms with Crippen LogP contribution in [0.5, 0.6) is 5.75 Å². The highest BCUT2D eigenvalue weighted by atomic mass is 19.4. The molecule has 0 heterocycles.